The lowest BCUT2D eigenvalue weighted by Gasteiger charge is -2.13. The van der Waals surface area contributed by atoms with Crippen molar-refractivity contribution in [1.82, 2.24) is 4.98 Å². The van der Waals surface area contributed by atoms with Crippen molar-refractivity contribution in [3.63, 3.8) is 0 Å². The summed E-state index contributed by atoms with van der Waals surface area (Å²) in [6.07, 6.45) is 0. The van der Waals surface area contributed by atoms with Crippen molar-refractivity contribution in [2.45, 2.75) is 0 Å². The molecular weight excluding hydrogens is 398 g/mol. The van der Waals surface area contributed by atoms with Gasteiger partial charge in [0.2, 0.25) is 5.75 Å². The van der Waals surface area contributed by atoms with Crippen molar-refractivity contribution < 1.29 is 23.9 Å². The van der Waals surface area contributed by atoms with Crippen molar-refractivity contribution in [1.29, 1.82) is 0 Å². The summed E-state index contributed by atoms with van der Waals surface area (Å²) in [5.74, 6) is 0.680. The molecule has 10 heteroatoms. The van der Waals surface area contributed by atoms with Crippen LogP contribution in [0.25, 0.3) is 11.3 Å². The van der Waals surface area contributed by atoms with Gasteiger partial charge in [-0.3, -0.25) is 20.2 Å². The molecule has 150 valence electrons. The first-order chi connectivity index (χ1) is 14.0. The fraction of sp³-hybridized carbons (Fsp3) is 0.158. The number of hydrogen-bond donors (Lipinski definition) is 1. The van der Waals surface area contributed by atoms with E-state index in [0.29, 0.717) is 39.2 Å². The summed E-state index contributed by atoms with van der Waals surface area (Å²) in [5.41, 5.74) is 1.38. The number of anilines is 1. The summed E-state index contributed by atoms with van der Waals surface area (Å²) in [6.45, 7) is 0. The standard InChI is InChI=1S/C19H17N3O6S/c1-26-15-8-12(9-16(27-2)17(15)28-3)18(23)21-19-20-14(10-29-19)11-5-4-6-13(7-11)22(24)25/h4-10H,1-3H3,(H,20,21,23). The molecule has 0 atom stereocenters. The van der Waals surface area contributed by atoms with Crippen LogP contribution in [-0.4, -0.2) is 37.1 Å². The Kier molecular flexibility index (Phi) is 5.93. The third kappa shape index (κ3) is 4.27. The highest BCUT2D eigenvalue weighted by atomic mass is 32.1. The van der Waals surface area contributed by atoms with Crippen LogP contribution in [0.2, 0.25) is 0 Å². The van der Waals surface area contributed by atoms with Gasteiger partial charge in [-0.05, 0) is 12.1 Å². The lowest BCUT2D eigenvalue weighted by molar-refractivity contribution is -0.384. The van der Waals surface area contributed by atoms with Gasteiger partial charge in [-0.2, -0.15) is 0 Å². The van der Waals surface area contributed by atoms with Crippen LogP contribution >= 0.6 is 11.3 Å². The van der Waals surface area contributed by atoms with Crippen LogP contribution in [0.5, 0.6) is 17.2 Å². The molecule has 0 aliphatic heterocycles. The van der Waals surface area contributed by atoms with Crippen LogP contribution in [0.4, 0.5) is 10.8 Å². The number of amides is 1. The predicted octanol–water partition coefficient (Wildman–Crippen LogP) is 4.00. The molecule has 0 saturated carbocycles. The van der Waals surface area contributed by atoms with E-state index in [1.54, 1.807) is 17.5 Å². The molecule has 0 spiro atoms. The number of nitrogens with zero attached hydrogens (tertiary/aromatic N) is 2. The van der Waals surface area contributed by atoms with Crippen molar-refractivity contribution in [2.24, 2.45) is 0 Å². The number of thiazole rings is 1. The summed E-state index contributed by atoms with van der Waals surface area (Å²) in [7, 11) is 4.40. The number of nitro benzene ring substituents is 1. The SMILES string of the molecule is COc1cc(C(=O)Nc2nc(-c3cccc([N+](=O)[O-])c3)cs2)cc(OC)c1OC. The fourth-order valence-corrected chi connectivity index (χ4v) is 3.34. The highest BCUT2D eigenvalue weighted by molar-refractivity contribution is 7.14. The Balaban J connectivity index is 1.84. The summed E-state index contributed by atoms with van der Waals surface area (Å²) in [4.78, 5) is 27.5. The molecule has 0 unspecified atom stereocenters. The average Bonchev–Trinajstić information content (AvgIpc) is 3.21. The molecule has 0 aliphatic carbocycles. The molecule has 1 amide bonds. The predicted molar refractivity (Wildman–Crippen MR) is 108 cm³/mol. The number of methoxy groups -OCH3 is 3. The van der Waals surface area contributed by atoms with Crippen LogP contribution < -0.4 is 19.5 Å². The lowest BCUT2D eigenvalue weighted by atomic mass is 10.1. The number of benzene rings is 2. The third-order valence-corrected chi connectivity index (χ3v) is 4.76. The Labute approximate surface area is 170 Å². The quantitative estimate of drug-likeness (QED) is 0.458. The Morgan fingerprint density at radius 3 is 2.38 bits per heavy atom. The Morgan fingerprint density at radius 2 is 1.79 bits per heavy atom. The Morgan fingerprint density at radius 1 is 1.10 bits per heavy atom. The number of rotatable bonds is 7. The smallest absolute Gasteiger partial charge is 0.270 e. The minimum absolute atomic E-state index is 0.0292. The van der Waals surface area contributed by atoms with E-state index >= 15 is 0 Å². The summed E-state index contributed by atoms with van der Waals surface area (Å²) >= 11 is 1.21. The number of ether oxygens (including phenoxy) is 3. The van der Waals surface area contributed by atoms with Crippen molar-refractivity contribution in [2.75, 3.05) is 26.6 Å². The van der Waals surface area contributed by atoms with E-state index in [1.807, 2.05) is 0 Å². The zero-order valence-corrected chi connectivity index (χ0v) is 16.6. The maximum Gasteiger partial charge on any atom is 0.270 e. The van der Waals surface area contributed by atoms with Gasteiger partial charge >= 0.3 is 0 Å². The van der Waals surface area contributed by atoms with Crippen LogP contribution in [-0.2, 0) is 0 Å². The number of aromatic nitrogens is 1. The van der Waals surface area contributed by atoms with E-state index < -0.39 is 10.8 Å². The summed E-state index contributed by atoms with van der Waals surface area (Å²) in [5, 5.41) is 15.7. The van der Waals surface area contributed by atoms with Gasteiger partial charge < -0.3 is 14.2 Å². The Bertz CT molecular complexity index is 1040. The van der Waals surface area contributed by atoms with E-state index in [0.717, 1.165) is 0 Å². The molecule has 0 saturated heterocycles. The van der Waals surface area contributed by atoms with Crippen LogP contribution in [0.15, 0.2) is 41.8 Å². The van der Waals surface area contributed by atoms with Gasteiger partial charge in [0.25, 0.3) is 11.6 Å². The van der Waals surface area contributed by atoms with Crippen LogP contribution in [0.1, 0.15) is 10.4 Å². The highest BCUT2D eigenvalue weighted by Gasteiger charge is 2.18. The minimum Gasteiger partial charge on any atom is -0.493 e. The van der Waals surface area contributed by atoms with Gasteiger partial charge in [-0.15, -0.1) is 11.3 Å². The molecule has 29 heavy (non-hydrogen) atoms. The van der Waals surface area contributed by atoms with Gasteiger partial charge in [-0.1, -0.05) is 12.1 Å². The second-order valence-corrected chi connectivity index (χ2v) is 6.57. The van der Waals surface area contributed by atoms with Gasteiger partial charge in [0, 0.05) is 28.6 Å². The van der Waals surface area contributed by atoms with E-state index in [-0.39, 0.29) is 5.69 Å². The van der Waals surface area contributed by atoms with Gasteiger partial charge in [-0.25, -0.2) is 4.98 Å². The first-order valence-corrected chi connectivity index (χ1v) is 9.16. The van der Waals surface area contributed by atoms with E-state index in [9.17, 15) is 14.9 Å². The number of nitro groups is 1. The van der Waals surface area contributed by atoms with Crippen LogP contribution in [0.3, 0.4) is 0 Å². The molecule has 3 aromatic rings. The molecule has 0 radical (unpaired) electrons. The third-order valence-electron chi connectivity index (χ3n) is 4.00. The zero-order chi connectivity index (χ0) is 21.0. The molecule has 1 aromatic heterocycles. The van der Waals surface area contributed by atoms with Gasteiger partial charge in [0.05, 0.1) is 31.9 Å². The molecular formula is C19H17N3O6S. The van der Waals surface area contributed by atoms with Crippen molar-refractivity contribution >= 4 is 28.1 Å². The second-order valence-electron chi connectivity index (χ2n) is 5.71. The summed E-state index contributed by atoms with van der Waals surface area (Å²) in [6, 6.07) is 9.20. The van der Waals surface area contributed by atoms with Gasteiger partial charge in [0.15, 0.2) is 16.6 Å². The molecule has 9 nitrogen and oxygen atoms in total. The second kappa shape index (κ2) is 8.57. The highest BCUT2D eigenvalue weighted by Crippen LogP contribution is 2.38. The zero-order valence-electron chi connectivity index (χ0n) is 15.8. The number of carbonyl (C=O) groups excluding carboxylic acids is 1. The van der Waals surface area contributed by atoms with E-state index in [1.165, 1.54) is 56.9 Å². The van der Waals surface area contributed by atoms with E-state index in [2.05, 4.69) is 10.3 Å². The lowest BCUT2D eigenvalue weighted by Crippen LogP contribution is -2.12. The number of nitrogens with one attached hydrogen (secondary N) is 1. The molecule has 0 aliphatic rings. The van der Waals surface area contributed by atoms with Crippen LogP contribution in [0, 0.1) is 10.1 Å². The monoisotopic (exact) mass is 415 g/mol. The molecule has 0 bridgehead atoms. The van der Waals surface area contributed by atoms with E-state index in [4.69, 9.17) is 14.2 Å². The normalized spacial score (nSPS) is 10.3. The number of carbonyl (C=O) groups is 1. The van der Waals surface area contributed by atoms with Gasteiger partial charge in [0.1, 0.15) is 0 Å². The molecule has 3 rings (SSSR count). The molecule has 0 fully saturated rings. The largest absolute Gasteiger partial charge is 0.493 e. The maximum atomic E-state index is 12.7. The number of hydrogen-bond acceptors (Lipinski definition) is 8. The first kappa shape index (κ1) is 20.1. The fourth-order valence-electron chi connectivity index (χ4n) is 2.62. The molecule has 2 aromatic carbocycles. The van der Waals surface area contributed by atoms with Crippen molar-refractivity contribution in [3.05, 3.63) is 57.5 Å². The minimum atomic E-state index is -0.469. The Hall–Kier alpha value is -3.66. The van der Waals surface area contributed by atoms with Crippen molar-refractivity contribution in [3.8, 4) is 28.5 Å². The average molecular weight is 415 g/mol. The summed E-state index contributed by atoms with van der Waals surface area (Å²) < 4.78 is 15.8. The first-order valence-electron chi connectivity index (χ1n) is 8.28. The molecule has 1 N–H and O–H groups in total. The maximum absolute atomic E-state index is 12.7. The molecule has 1 heterocycles. The topological polar surface area (TPSA) is 113 Å². The number of non-ortho nitro benzene ring substituents is 1.